The van der Waals surface area contributed by atoms with Gasteiger partial charge in [0.25, 0.3) is 5.56 Å². The van der Waals surface area contributed by atoms with E-state index in [-0.39, 0.29) is 17.1 Å². The number of amidine groups is 1. The molecule has 8 heteroatoms. The van der Waals surface area contributed by atoms with Crippen molar-refractivity contribution in [2.24, 2.45) is 11.8 Å². The molecular weight excluding hydrogens is 353 g/mol. The molecule has 2 aromatic carbocycles. The van der Waals surface area contributed by atoms with Gasteiger partial charge in [-0.2, -0.15) is 4.76 Å². The van der Waals surface area contributed by atoms with Crippen LogP contribution in [0, 0.1) is 0 Å². The summed E-state index contributed by atoms with van der Waals surface area (Å²) in [5.41, 5.74) is 0.621. The van der Waals surface area contributed by atoms with Crippen LogP contribution in [0.1, 0.15) is 5.56 Å². The molecule has 2 heterocycles. The lowest BCUT2D eigenvalue weighted by Crippen LogP contribution is -2.32. The number of nitrogens with one attached hydrogen (secondary N) is 1. The van der Waals surface area contributed by atoms with Gasteiger partial charge in [-0.3, -0.25) is 9.36 Å². The van der Waals surface area contributed by atoms with Crippen molar-refractivity contribution in [3.63, 3.8) is 0 Å². The first-order chi connectivity index (χ1) is 12.5. The number of pyridine rings is 1. The maximum Gasteiger partial charge on any atom is 0.348 e. The van der Waals surface area contributed by atoms with Gasteiger partial charge in [-0.25, -0.2) is 0 Å². The third-order valence-corrected chi connectivity index (χ3v) is 6.41. The lowest BCUT2D eigenvalue weighted by Gasteiger charge is -2.24. The van der Waals surface area contributed by atoms with E-state index in [1.54, 1.807) is 55.6 Å². The first-order valence-electron chi connectivity index (χ1n) is 7.90. The van der Waals surface area contributed by atoms with E-state index in [9.17, 15) is 14.5 Å². The molecule has 1 atom stereocenters. The molecule has 0 saturated carbocycles. The SMILES string of the molecule is COP1(=O)N=C(c2c(O)c3ccccc3n(C)c2=O)Nc2ccccc21. The van der Waals surface area contributed by atoms with E-state index in [0.717, 1.165) is 0 Å². The molecule has 0 saturated heterocycles. The van der Waals surface area contributed by atoms with Gasteiger partial charge in [0.15, 0.2) is 5.84 Å². The van der Waals surface area contributed by atoms with Crippen LogP contribution >= 0.6 is 7.52 Å². The molecule has 4 rings (SSSR count). The van der Waals surface area contributed by atoms with Gasteiger partial charge in [0.05, 0.1) is 16.5 Å². The number of benzene rings is 2. The Morgan fingerprint density at radius 2 is 1.85 bits per heavy atom. The monoisotopic (exact) mass is 369 g/mol. The molecule has 0 fully saturated rings. The normalized spacial score (nSPS) is 18.9. The molecule has 0 radical (unpaired) electrons. The molecule has 0 amide bonds. The molecule has 0 spiro atoms. The molecule has 26 heavy (non-hydrogen) atoms. The first-order valence-corrected chi connectivity index (χ1v) is 9.47. The molecule has 1 aromatic heterocycles. The zero-order valence-electron chi connectivity index (χ0n) is 14.1. The molecule has 1 aliphatic heterocycles. The fourth-order valence-electron chi connectivity index (χ4n) is 3.11. The molecule has 132 valence electrons. The number of aromatic hydroxyl groups is 1. The van der Waals surface area contributed by atoms with Crippen molar-refractivity contribution in [3.8, 4) is 5.75 Å². The summed E-state index contributed by atoms with van der Waals surface area (Å²) in [5.74, 6) is -0.185. The number of fused-ring (bicyclic) bond motifs is 2. The number of rotatable bonds is 2. The third-order valence-electron chi connectivity index (χ3n) is 4.45. The van der Waals surface area contributed by atoms with Crippen LogP contribution in [0.5, 0.6) is 5.75 Å². The van der Waals surface area contributed by atoms with Crippen molar-refractivity contribution in [2.75, 3.05) is 12.4 Å². The van der Waals surface area contributed by atoms with Crippen LogP contribution in [-0.2, 0) is 16.1 Å². The van der Waals surface area contributed by atoms with E-state index in [1.165, 1.54) is 11.7 Å². The summed E-state index contributed by atoms with van der Waals surface area (Å²) < 4.78 is 23.9. The highest BCUT2D eigenvalue weighted by atomic mass is 31.2. The summed E-state index contributed by atoms with van der Waals surface area (Å²) in [6, 6.07) is 13.9. The topological polar surface area (TPSA) is 92.9 Å². The highest BCUT2D eigenvalue weighted by Crippen LogP contribution is 2.51. The summed E-state index contributed by atoms with van der Waals surface area (Å²) in [6.07, 6.45) is 0. The summed E-state index contributed by atoms with van der Waals surface area (Å²) >= 11 is 0. The second-order valence-electron chi connectivity index (χ2n) is 5.90. The minimum absolute atomic E-state index is 0.0257. The minimum atomic E-state index is -3.55. The number of nitrogens with zero attached hydrogens (tertiary/aromatic N) is 2. The average molecular weight is 369 g/mol. The zero-order chi connectivity index (χ0) is 18.5. The Kier molecular flexibility index (Phi) is 3.72. The van der Waals surface area contributed by atoms with E-state index < -0.39 is 13.1 Å². The molecule has 0 bridgehead atoms. The van der Waals surface area contributed by atoms with Crippen LogP contribution in [0.25, 0.3) is 10.9 Å². The molecule has 0 aliphatic carbocycles. The highest BCUT2D eigenvalue weighted by Gasteiger charge is 2.34. The van der Waals surface area contributed by atoms with Crippen LogP contribution in [-0.4, -0.2) is 22.6 Å². The molecular formula is C18H16N3O4P. The van der Waals surface area contributed by atoms with Gasteiger partial charge in [0, 0.05) is 19.5 Å². The maximum atomic E-state index is 13.1. The van der Waals surface area contributed by atoms with Crippen LogP contribution in [0.15, 0.2) is 58.1 Å². The Morgan fingerprint density at radius 3 is 2.62 bits per heavy atom. The number of para-hydroxylation sites is 2. The predicted molar refractivity (Wildman–Crippen MR) is 102 cm³/mol. The Morgan fingerprint density at radius 1 is 1.15 bits per heavy atom. The average Bonchev–Trinajstić information content (AvgIpc) is 2.66. The van der Waals surface area contributed by atoms with Crippen LogP contribution in [0.3, 0.4) is 0 Å². The van der Waals surface area contributed by atoms with Crippen molar-refractivity contribution < 1.29 is 14.2 Å². The smallest absolute Gasteiger partial charge is 0.348 e. The van der Waals surface area contributed by atoms with Gasteiger partial charge in [-0.15, -0.1) is 0 Å². The highest BCUT2D eigenvalue weighted by molar-refractivity contribution is 7.66. The van der Waals surface area contributed by atoms with Crippen LogP contribution in [0.2, 0.25) is 0 Å². The standard InChI is InChI=1S/C18H16N3O4P/c1-21-13-9-5-3-7-11(13)16(22)15(18(21)23)17-19-12-8-4-6-10-14(12)26(24,20-17)25-2/h3-10,22H,1-2H3,(H,19,20,24). The second-order valence-corrected chi connectivity index (χ2v) is 7.99. The van der Waals surface area contributed by atoms with Crippen molar-refractivity contribution in [1.29, 1.82) is 0 Å². The van der Waals surface area contributed by atoms with E-state index in [4.69, 9.17) is 4.52 Å². The van der Waals surface area contributed by atoms with Crippen LogP contribution < -0.4 is 16.2 Å². The molecule has 1 unspecified atom stereocenters. The quantitative estimate of drug-likeness (QED) is 0.678. The number of aromatic nitrogens is 1. The fraction of sp³-hybridized carbons (Fsp3) is 0.111. The summed E-state index contributed by atoms with van der Waals surface area (Å²) in [7, 11) is -0.635. The number of hydrogen-bond donors (Lipinski definition) is 2. The number of aryl methyl sites for hydroxylation is 1. The second kappa shape index (κ2) is 5.83. The lowest BCUT2D eigenvalue weighted by molar-refractivity contribution is 0.404. The summed E-state index contributed by atoms with van der Waals surface area (Å²) in [5, 5.41) is 14.7. The Labute approximate surface area is 149 Å². The van der Waals surface area contributed by atoms with Crippen molar-refractivity contribution >= 4 is 35.3 Å². The Balaban J connectivity index is 2.03. The summed E-state index contributed by atoms with van der Waals surface area (Å²) in [4.78, 5) is 12.9. The van der Waals surface area contributed by atoms with Crippen molar-refractivity contribution in [1.82, 2.24) is 4.57 Å². The Bertz CT molecular complexity index is 1180. The first kappa shape index (κ1) is 16.6. The molecule has 3 aromatic rings. The van der Waals surface area contributed by atoms with Gasteiger partial charge in [-0.1, -0.05) is 24.3 Å². The van der Waals surface area contributed by atoms with E-state index in [2.05, 4.69) is 10.1 Å². The van der Waals surface area contributed by atoms with Gasteiger partial charge >= 0.3 is 7.52 Å². The maximum absolute atomic E-state index is 13.1. The van der Waals surface area contributed by atoms with Gasteiger partial charge in [0.2, 0.25) is 0 Å². The van der Waals surface area contributed by atoms with E-state index >= 15 is 0 Å². The van der Waals surface area contributed by atoms with Crippen molar-refractivity contribution in [2.45, 2.75) is 0 Å². The lowest BCUT2D eigenvalue weighted by atomic mass is 10.1. The van der Waals surface area contributed by atoms with Gasteiger partial charge < -0.3 is 19.5 Å². The number of hydrogen-bond acceptors (Lipinski definition) is 5. The minimum Gasteiger partial charge on any atom is -0.506 e. The largest absolute Gasteiger partial charge is 0.506 e. The zero-order valence-corrected chi connectivity index (χ0v) is 15.0. The van der Waals surface area contributed by atoms with E-state index in [1.807, 2.05) is 0 Å². The predicted octanol–water partition coefficient (Wildman–Crippen LogP) is 2.58. The van der Waals surface area contributed by atoms with E-state index in [0.29, 0.717) is 21.9 Å². The Hall–Kier alpha value is -2.89. The van der Waals surface area contributed by atoms with Gasteiger partial charge in [0.1, 0.15) is 11.3 Å². The van der Waals surface area contributed by atoms with Crippen LogP contribution in [0.4, 0.5) is 5.69 Å². The molecule has 2 N–H and O–H groups in total. The fourth-order valence-corrected chi connectivity index (χ4v) is 4.62. The molecule has 1 aliphatic rings. The third kappa shape index (κ3) is 2.29. The van der Waals surface area contributed by atoms with Crippen molar-refractivity contribution in [3.05, 3.63) is 64.4 Å². The van der Waals surface area contributed by atoms with Gasteiger partial charge in [-0.05, 0) is 24.3 Å². The molecule has 7 nitrogen and oxygen atoms in total. The summed E-state index contributed by atoms with van der Waals surface area (Å²) in [6.45, 7) is 0. The number of anilines is 1.